The molecule has 4 aromatic heterocycles. The number of nitrogen functional groups attached to an aromatic ring is 3. The summed E-state index contributed by atoms with van der Waals surface area (Å²) in [6, 6.07) is 3.74. The number of pyridine rings is 2. The smallest absolute Gasteiger partial charge is 0.410 e. The average molecular weight is 827 g/mol. The van der Waals surface area contributed by atoms with Gasteiger partial charge in [0, 0.05) is 75.5 Å². The first-order valence-electron chi connectivity index (χ1n) is 17.9. The fourth-order valence-electron chi connectivity index (χ4n) is 5.32. The summed E-state index contributed by atoms with van der Waals surface area (Å²) < 4.78 is 10.8. The number of aromatic nitrogens is 4. The number of carbonyl (C=O) groups excluding carboxylic acids is 3. The summed E-state index contributed by atoms with van der Waals surface area (Å²) in [5.74, 6) is -1.38. The van der Waals surface area contributed by atoms with E-state index in [1.807, 2.05) is 53.7 Å². The molecule has 0 atom stereocenters. The van der Waals surface area contributed by atoms with Gasteiger partial charge in [0.25, 0.3) is 5.91 Å². The summed E-state index contributed by atoms with van der Waals surface area (Å²) in [6.45, 7) is 16.2. The Morgan fingerprint density at radius 3 is 1.53 bits per heavy atom. The molecule has 6 rings (SSSR count). The molecule has 0 radical (unpaired) electrons. The molecule has 2 fully saturated rings. The van der Waals surface area contributed by atoms with Crippen LogP contribution in [0.5, 0.6) is 0 Å². The van der Waals surface area contributed by atoms with Gasteiger partial charge in [-0.15, -0.1) is 22.7 Å². The van der Waals surface area contributed by atoms with Crippen LogP contribution in [0.2, 0.25) is 0 Å². The highest BCUT2D eigenvalue weighted by molar-refractivity contribution is 7.14. The van der Waals surface area contributed by atoms with Gasteiger partial charge in [0.05, 0.1) is 35.1 Å². The third-order valence-electron chi connectivity index (χ3n) is 7.91. The Morgan fingerprint density at radius 1 is 0.684 bits per heavy atom. The predicted molar refractivity (Wildman–Crippen MR) is 221 cm³/mol. The average Bonchev–Trinajstić information content (AvgIpc) is 3.80. The van der Waals surface area contributed by atoms with E-state index < -0.39 is 17.2 Å². The lowest BCUT2D eigenvalue weighted by Crippen LogP contribution is -2.50. The van der Waals surface area contributed by atoms with E-state index in [1.165, 1.54) is 16.7 Å². The number of thiazole rings is 2. The minimum atomic E-state index is -1.04. The van der Waals surface area contributed by atoms with Crippen molar-refractivity contribution in [1.82, 2.24) is 29.7 Å². The molecule has 0 aliphatic carbocycles. The van der Waals surface area contributed by atoms with Crippen LogP contribution in [-0.2, 0) is 9.47 Å². The number of carboxylic acid groups (broad SMARTS) is 1. The van der Waals surface area contributed by atoms with Crippen LogP contribution in [0.3, 0.4) is 0 Å². The number of nitrogens with two attached hydrogens (primary N) is 3. The van der Waals surface area contributed by atoms with Crippen LogP contribution in [-0.4, -0.2) is 122 Å². The summed E-state index contributed by atoms with van der Waals surface area (Å²) >= 11 is 2.33. The molecule has 57 heavy (non-hydrogen) atoms. The van der Waals surface area contributed by atoms with E-state index in [9.17, 15) is 19.2 Å². The molecular formula is C36H50N12O7S2. The molecule has 0 bridgehead atoms. The van der Waals surface area contributed by atoms with Crippen molar-refractivity contribution in [3.63, 3.8) is 0 Å². The number of hydrogen-bond donors (Lipinski definition) is 5. The lowest BCUT2D eigenvalue weighted by molar-refractivity contribution is 0.0230. The highest BCUT2D eigenvalue weighted by Crippen LogP contribution is 2.27. The fraction of sp³-hybridized carbons (Fsp3) is 0.444. The second-order valence-corrected chi connectivity index (χ2v) is 16.4. The van der Waals surface area contributed by atoms with Gasteiger partial charge in [-0.25, -0.2) is 24.4 Å². The number of piperazine rings is 2. The maximum absolute atomic E-state index is 12.4. The van der Waals surface area contributed by atoms with Gasteiger partial charge in [-0.3, -0.25) is 14.8 Å². The van der Waals surface area contributed by atoms with Crippen LogP contribution in [0, 0.1) is 0 Å². The van der Waals surface area contributed by atoms with Gasteiger partial charge in [0.1, 0.15) is 16.9 Å². The Hall–Kier alpha value is -5.96. The summed E-state index contributed by atoms with van der Waals surface area (Å²) in [5, 5.41) is 14.8. The van der Waals surface area contributed by atoms with E-state index in [0.717, 1.165) is 35.8 Å². The van der Waals surface area contributed by atoms with Crippen LogP contribution >= 0.6 is 22.7 Å². The number of ether oxygens (including phenoxy) is 2. The minimum Gasteiger partial charge on any atom is -0.476 e. The topological polar surface area (TPSA) is 262 Å². The van der Waals surface area contributed by atoms with Crippen LogP contribution < -0.4 is 32.3 Å². The Kier molecular flexibility index (Phi) is 14.8. The Bertz CT molecular complexity index is 1980. The highest BCUT2D eigenvalue weighted by Gasteiger charge is 2.28. The van der Waals surface area contributed by atoms with Crippen LogP contribution in [0.4, 0.5) is 42.6 Å². The van der Waals surface area contributed by atoms with Gasteiger partial charge in [0.15, 0.2) is 16.0 Å². The molecule has 8 N–H and O–H groups in total. The summed E-state index contributed by atoms with van der Waals surface area (Å²) in [6.07, 6.45) is 6.09. The predicted octanol–water partition coefficient (Wildman–Crippen LogP) is 4.57. The van der Waals surface area contributed by atoms with Crippen molar-refractivity contribution < 1.29 is 33.8 Å². The van der Waals surface area contributed by atoms with Crippen molar-refractivity contribution in [3.05, 3.63) is 59.1 Å². The molecule has 2 aliphatic rings. The Labute approximate surface area is 338 Å². The summed E-state index contributed by atoms with van der Waals surface area (Å²) in [5.41, 5.74) is 19.1. The summed E-state index contributed by atoms with van der Waals surface area (Å²) in [7, 11) is 0. The van der Waals surface area contributed by atoms with E-state index >= 15 is 0 Å². The van der Waals surface area contributed by atoms with Gasteiger partial charge in [0.2, 0.25) is 0 Å². The number of anilines is 6. The molecule has 308 valence electrons. The lowest BCUT2D eigenvalue weighted by atomic mass is 10.2. The van der Waals surface area contributed by atoms with Crippen molar-refractivity contribution in [2.24, 2.45) is 0 Å². The van der Waals surface area contributed by atoms with Crippen molar-refractivity contribution >= 4 is 79.7 Å². The first kappa shape index (κ1) is 43.8. The molecule has 0 spiro atoms. The third kappa shape index (κ3) is 13.6. The largest absolute Gasteiger partial charge is 0.476 e. The Balaban J connectivity index is 0.000000215. The van der Waals surface area contributed by atoms with Crippen molar-refractivity contribution in [2.75, 3.05) is 84.7 Å². The van der Waals surface area contributed by atoms with E-state index in [0.29, 0.717) is 55.8 Å². The second kappa shape index (κ2) is 19.3. The van der Waals surface area contributed by atoms with E-state index in [-0.39, 0.29) is 34.6 Å². The van der Waals surface area contributed by atoms with Gasteiger partial charge in [-0.2, -0.15) is 0 Å². The number of hydrogen-bond acceptors (Lipinski definition) is 17. The van der Waals surface area contributed by atoms with Crippen molar-refractivity contribution in [2.45, 2.75) is 52.7 Å². The first-order chi connectivity index (χ1) is 26.8. The zero-order valence-corrected chi connectivity index (χ0v) is 34.4. The summed E-state index contributed by atoms with van der Waals surface area (Å²) in [4.78, 5) is 70.0. The molecule has 21 heteroatoms. The SMILES string of the molecule is CC(C)(C)OC(=O)N1CCN(c2ccncc2N)CC1.CC(C)(C)OC(=O)N1CCN(c2ccncc2NC(=O)c2csc(N)n2)CC1.Nc1nc(C(=O)O)cs1. The molecule has 0 unspecified atom stereocenters. The number of rotatable bonds is 5. The molecular weight excluding hydrogens is 777 g/mol. The monoisotopic (exact) mass is 826 g/mol. The fourth-order valence-corrected chi connectivity index (χ4v) is 6.40. The molecule has 0 saturated carbocycles. The lowest BCUT2D eigenvalue weighted by Gasteiger charge is -2.37. The van der Waals surface area contributed by atoms with Gasteiger partial charge < -0.3 is 56.7 Å². The maximum atomic E-state index is 12.4. The first-order valence-corrected chi connectivity index (χ1v) is 19.6. The number of carbonyl (C=O) groups is 4. The van der Waals surface area contributed by atoms with E-state index in [1.54, 1.807) is 40.0 Å². The van der Waals surface area contributed by atoms with Crippen molar-refractivity contribution in [3.8, 4) is 0 Å². The minimum absolute atomic E-state index is 0.0116. The quantitative estimate of drug-likeness (QED) is 0.184. The highest BCUT2D eigenvalue weighted by atomic mass is 32.1. The van der Waals surface area contributed by atoms with Gasteiger partial charge in [-0.1, -0.05) is 0 Å². The normalized spacial score (nSPS) is 14.4. The molecule has 19 nitrogen and oxygen atoms in total. The number of nitrogens with zero attached hydrogens (tertiary/aromatic N) is 8. The molecule has 4 aromatic rings. The third-order valence-corrected chi connectivity index (χ3v) is 9.26. The zero-order chi connectivity index (χ0) is 41.9. The number of amides is 3. The molecule has 2 aliphatic heterocycles. The standard InChI is InChI=1S/C18H24N6O3S.C14H22N4O2.C4H4N2O2S/c1-18(2,3)27-17(26)24-8-6-23(7-9-24)14-4-5-20-10-12(14)21-15(25)13-11-28-16(19)22-13;1-14(2,3)20-13(19)18-8-6-17(7-9-18)12-4-5-16-10-11(12)15;5-4-6-2(1-9-4)3(7)8/h4-5,10-11H,6-9H2,1-3H3,(H2,19,22)(H,21,25);4-5,10H,6-9,15H2,1-3H3;1H,(H2,5,6)(H,7,8). The maximum Gasteiger partial charge on any atom is 0.410 e. The number of nitrogens with one attached hydrogen (secondary N) is 1. The van der Waals surface area contributed by atoms with Gasteiger partial charge >= 0.3 is 18.2 Å². The van der Waals surface area contributed by atoms with Crippen LogP contribution in [0.25, 0.3) is 0 Å². The molecule has 3 amide bonds. The van der Waals surface area contributed by atoms with Crippen LogP contribution in [0.1, 0.15) is 62.5 Å². The van der Waals surface area contributed by atoms with E-state index in [4.69, 9.17) is 31.8 Å². The Morgan fingerprint density at radius 2 is 1.12 bits per heavy atom. The number of aromatic carboxylic acids is 1. The molecule has 6 heterocycles. The van der Waals surface area contributed by atoms with E-state index in [2.05, 4.69) is 35.1 Å². The molecule has 2 saturated heterocycles. The zero-order valence-electron chi connectivity index (χ0n) is 32.8. The van der Waals surface area contributed by atoms with Crippen molar-refractivity contribution in [1.29, 1.82) is 0 Å². The number of carboxylic acids is 1. The van der Waals surface area contributed by atoms with Crippen LogP contribution in [0.15, 0.2) is 47.7 Å². The van der Waals surface area contributed by atoms with Gasteiger partial charge in [-0.05, 0) is 53.7 Å². The second-order valence-electron chi connectivity index (χ2n) is 14.6. The molecule has 0 aromatic carbocycles.